The van der Waals surface area contributed by atoms with E-state index in [0.717, 1.165) is 0 Å². The van der Waals surface area contributed by atoms with Gasteiger partial charge in [0, 0.05) is 0 Å². The van der Waals surface area contributed by atoms with Crippen LogP contribution in [0.15, 0.2) is 0 Å². The van der Waals surface area contributed by atoms with Crippen molar-refractivity contribution >= 4 is 0 Å². The Morgan fingerprint density at radius 3 is 1.25 bits per heavy atom. The minimum absolute atomic E-state index is 0. The van der Waals surface area contributed by atoms with Gasteiger partial charge in [-0.1, -0.05) is 0 Å². The molecule has 0 aliphatic carbocycles. The average molecular weight is 249 g/mol. The molecule has 0 saturated heterocycles. The molecule has 0 fully saturated rings. The molecule has 0 unspecified atom stereocenters. The number of rotatable bonds is 0. The van der Waals surface area contributed by atoms with E-state index in [9.17, 15) is 0 Å². The Hall–Kier alpha value is 1.24. The van der Waals surface area contributed by atoms with Crippen molar-refractivity contribution in [2.24, 2.45) is 0 Å². The van der Waals surface area contributed by atoms with Crippen molar-refractivity contribution in [3.8, 4) is 0 Å². The second-order valence-electron chi connectivity index (χ2n) is 0. The Morgan fingerprint density at radius 1 is 1.25 bits per heavy atom. The molecule has 0 aromatic carbocycles. The Kier molecular flexibility index (Phi) is 136. The maximum absolute atomic E-state index is 8.06. The van der Waals surface area contributed by atoms with Crippen molar-refractivity contribution in [2.75, 3.05) is 0 Å². The van der Waals surface area contributed by atoms with Gasteiger partial charge in [0.15, 0.2) is 0 Å². The van der Waals surface area contributed by atoms with Crippen molar-refractivity contribution < 1.29 is 52.1 Å². The van der Waals surface area contributed by atoms with Crippen LogP contribution < -0.4 is 0 Å². The van der Waals surface area contributed by atoms with Gasteiger partial charge in [0.1, 0.15) is 0 Å². The minimum atomic E-state index is 0. The van der Waals surface area contributed by atoms with Crippen LogP contribution >= 0.6 is 0 Å². The summed E-state index contributed by atoms with van der Waals surface area (Å²) in [6.45, 7) is 0. The van der Waals surface area contributed by atoms with Crippen LogP contribution in [0, 0.1) is 0 Å². The van der Waals surface area contributed by atoms with Gasteiger partial charge >= 0.3 is 46.7 Å². The second kappa shape index (κ2) is 28.9. The Labute approximate surface area is 52.0 Å². The van der Waals surface area contributed by atoms with Crippen LogP contribution in [-0.2, 0) is 46.7 Å². The van der Waals surface area contributed by atoms with Crippen molar-refractivity contribution in [3.63, 3.8) is 0 Å². The zero-order valence-electron chi connectivity index (χ0n) is 1.46. The van der Waals surface area contributed by atoms with E-state index in [-0.39, 0.29) is 27.9 Å². The molecule has 4 heavy (non-hydrogen) atoms. The molecule has 0 rings (SSSR count). The molecule has 0 aromatic rings. The Balaban J connectivity index is -0.00000000500. The molecule has 0 aliphatic rings. The van der Waals surface area contributed by atoms with Gasteiger partial charge in [-0.05, 0) is 0 Å². The van der Waals surface area contributed by atoms with E-state index in [1.807, 2.05) is 0 Å². The Morgan fingerprint density at radius 2 is 1.25 bits per heavy atom. The van der Waals surface area contributed by atoms with E-state index in [1.54, 1.807) is 21.0 Å². The first-order chi connectivity index (χ1) is 1.00. The van der Waals surface area contributed by atoms with Crippen LogP contribution in [0.3, 0.4) is 0 Å². The van der Waals surface area contributed by atoms with E-state index >= 15 is 0 Å². The van der Waals surface area contributed by atoms with E-state index in [4.69, 9.17) is 3.25 Å². The van der Waals surface area contributed by atoms with Crippen LogP contribution in [0.25, 0.3) is 0 Å². The normalized spacial score (nSPS) is 1.50. The molecule has 0 saturated carbocycles. The topological polar surface area (TPSA) is 47.1 Å². The summed E-state index contributed by atoms with van der Waals surface area (Å²) < 4.78 is 8.06. The standard InChI is InChI=1S/2Ag.H2O.O/h;;1H2;/q;+1;;/p-1. The summed E-state index contributed by atoms with van der Waals surface area (Å²) in [5.41, 5.74) is 0. The van der Waals surface area contributed by atoms with Gasteiger partial charge in [-0.3, -0.25) is 0 Å². The van der Waals surface area contributed by atoms with Crippen molar-refractivity contribution in [3.05, 3.63) is 0 Å². The Bertz CT molecular complexity index is 4.00. The molecule has 0 atom stereocenters. The molecule has 0 spiro atoms. The summed E-state index contributed by atoms with van der Waals surface area (Å²) in [6.07, 6.45) is 0. The maximum atomic E-state index is 8.06. The third-order valence-electron chi connectivity index (χ3n) is 0. The second-order valence-corrected chi connectivity index (χ2v) is 0. The van der Waals surface area contributed by atoms with Crippen molar-refractivity contribution in [1.82, 2.24) is 0 Å². The fraction of sp³-hybridized carbons (Fsp3) is 0. The molecule has 0 amide bonds. The van der Waals surface area contributed by atoms with Gasteiger partial charge in [-0.15, -0.1) is 0 Å². The first kappa shape index (κ1) is 18.8. The van der Waals surface area contributed by atoms with Crippen LogP contribution in [0.5, 0.6) is 0 Å². The molecule has 2 nitrogen and oxygen atoms in total. The third kappa shape index (κ3) is 10.6. The molecule has 0 radical (unpaired) electrons. The van der Waals surface area contributed by atoms with Crippen molar-refractivity contribution in [1.29, 1.82) is 0 Å². The average Bonchev–Trinajstić information content (AvgIpc) is 1.00. The summed E-state index contributed by atoms with van der Waals surface area (Å²) in [7, 11) is 0. The van der Waals surface area contributed by atoms with Gasteiger partial charge in [-0.2, -0.15) is 0 Å². The number of hydrogen-bond donors (Lipinski definition) is 0. The summed E-state index contributed by atoms with van der Waals surface area (Å²) in [5, 5.41) is 0. The zero-order chi connectivity index (χ0) is 2.00. The first-order valence-corrected chi connectivity index (χ1v) is 0.728. The predicted molar refractivity (Wildman–Crippen MR) is 2.62 cm³/mol. The van der Waals surface area contributed by atoms with Gasteiger partial charge in [0.25, 0.3) is 0 Å². The van der Waals surface area contributed by atoms with Crippen LogP contribution in [0.1, 0.15) is 0 Å². The monoisotopic (exact) mass is 247 g/mol. The molecule has 0 heterocycles. The first-order valence-electron chi connectivity index (χ1n) is 0.123. The van der Waals surface area contributed by atoms with E-state index in [0.29, 0.717) is 0 Å². The molecule has 0 bridgehead atoms. The van der Waals surface area contributed by atoms with E-state index in [2.05, 4.69) is 0 Å². The van der Waals surface area contributed by atoms with Crippen LogP contribution in [-0.4, -0.2) is 5.48 Å². The molecule has 0 aliphatic heterocycles. The molecular formula is HAg2O2. The fourth-order valence-electron chi connectivity index (χ4n) is 0. The summed E-state index contributed by atoms with van der Waals surface area (Å²) in [6, 6.07) is 0. The van der Waals surface area contributed by atoms with Crippen molar-refractivity contribution in [2.45, 2.75) is 0 Å². The molecule has 0 aromatic heterocycles. The zero-order valence-corrected chi connectivity index (χ0v) is 4.42. The summed E-state index contributed by atoms with van der Waals surface area (Å²) >= 11 is 1.70. The predicted octanol–water partition coefficient (Wildman–Crippen LogP) is -0.301. The SMILES string of the molecule is [Ag+].[OH-].[O]=[Ag]. The van der Waals surface area contributed by atoms with Gasteiger partial charge < -0.3 is 5.48 Å². The van der Waals surface area contributed by atoms with Gasteiger partial charge in [0.2, 0.25) is 0 Å². The van der Waals surface area contributed by atoms with Crippen LogP contribution in [0.4, 0.5) is 0 Å². The molecule has 4 heteroatoms. The summed E-state index contributed by atoms with van der Waals surface area (Å²) in [5.74, 6) is 0. The quantitative estimate of drug-likeness (QED) is 0.553. The molecule has 35 valence electrons. The van der Waals surface area contributed by atoms with Crippen LogP contribution in [0.2, 0.25) is 0 Å². The fourth-order valence-corrected chi connectivity index (χ4v) is 0. The van der Waals surface area contributed by atoms with E-state index in [1.165, 1.54) is 0 Å². The van der Waals surface area contributed by atoms with Gasteiger partial charge in [-0.25, -0.2) is 0 Å². The molecular weight excluding hydrogens is 248 g/mol. The number of hydrogen-bond acceptors (Lipinski definition) is 2. The van der Waals surface area contributed by atoms with Gasteiger partial charge in [0.05, 0.1) is 0 Å². The third-order valence-corrected chi connectivity index (χ3v) is 0. The summed E-state index contributed by atoms with van der Waals surface area (Å²) in [4.78, 5) is 0. The molecule has 1 N–H and O–H groups in total. The van der Waals surface area contributed by atoms with E-state index < -0.39 is 0 Å².